The zero-order valence-corrected chi connectivity index (χ0v) is 16.2. The highest BCUT2D eigenvalue weighted by atomic mass is 79.9. The number of aromatic nitrogens is 1. The van der Waals surface area contributed by atoms with E-state index in [1.54, 1.807) is 6.92 Å². The second-order valence-electron chi connectivity index (χ2n) is 6.13. The summed E-state index contributed by atoms with van der Waals surface area (Å²) >= 11 is 3.00. The number of halogens is 6. The number of alkyl halides is 5. The number of ether oxygens (including phenoxy) is 2. The molecule has 0 N–H and O–H groups in total. The minimum atomic E-state index is -5.02. The Morgan fingerprint density at radius 2 is 1.85 bits per heavy atom. The van der Waals surface area contributed by atoms with E-state index in [0.29, 0.717) is 0 Å². The summed E-state index contributed by atoms with van der Waals surface area (Å²) in [5, 5.41) is 0. The van der Waals surface area contributed by atoms with Gasteiger partial charge in [-0.05, 0) is 46.2 Å². The van der Waals surface area contributed by atoms with E-state index >= 15 is 0 Å². The van der Waals surface area contributed by atoms with Crippen molar-refractivity contribution in [1.82, 2.24) is 4.98 Å². The maximum atomic E-state index is 13.7. The van der Waals surface area contributed by atoms with Gasteiger partial charge in [-0.1, -0.05) is 6.92 Å². The first-order chi connectivity index (χ1) is 12.5. The smallest absolute Gasteiger partial charge is 0.434 e. The van der Waals surface area contributed by atoms with E-state index in [2.05, 4.69) is 25.7 Å². The number of hydrogen-bond donors (Lipinski definition) is 0. The van der Waals surface area contributed by atoms with Crippen LogP contribution in [0.2, 0.25) is 0 Å². The lowest BCUT2D eigenvalue weighted by molar-refractivity contribution is -0.141. The van der Waals surface area contributed by atoms with Crippen molar-refractivity contribution in [2.45, 2.75) is 38.3 Å². The third-order valence-corrected chi connectivity index (χ3v) is 4.96. The molecular weight excluding hydrogens is 441 g/mol. The molecular formula is C17H17BrF5NO3. The summed E-state index contributed by atoms with van der Waals surface area (Å²) in [6.07, 6.45) is -5.98. The Kier molecular flexibility index (Phi) is 6.49. The Morgan fingerprint density at radius 1 is 1.26 bits per heavy atom. The van der Waals surface area contributed by atoms with Crippen LogP contribution >= 0.6 is 15.9 Å². The van der Waals surface area contributed by atoms with Crippen molar-refractivity contribution in [3.63, 3.8) is 0 Å². The standard InChI is InChI=1S/C17H17BrF5NO3/c1-7(8-4-5-8)10-11(9(18)6-26-2)14(17(21,22)23)24-13(15(19)20)12(10)16(25)27-3/h6-8,15H,4-5H2,1-3H3/b9-6-. The van der Waals surface area contributed by atoms with Crippen molar-refractivity contribution < 1.29 is 36.2 Å². The zero-order chi connectivity index (χ0) is 20.5. The monoisotopic (exact) mass is 457 g/mol. The van der Waals surface area contributed by atoms with Crippen molar-refractivity contribution in [3.05, 3.63) is 34.3 Å². The maximum Gasteiger partial charge on any atom is 0.434 e. The Morgan fingerprint density at radius 3 is 2.26 bits per heavy atom. The summed E-state index contributed by atoms with van der Waals surface area (Å²) in [4.78, 5) is 15.4. The first-order valence-electron chi connectivity index (χ1n) is 7.94. The molecule has 1 saturated carbocycles. The van der Waals surface area contributed by atoms with Gasteiger partial charge in [0.05, 0.1) is 30.5 Å². The first kappa shape index (κ1) is 21.6. The average molecular weight is 458 g/mol. The third-order valence-electron chi connectivity index (χ3n) is 4.37. The van der Waals surface area contributed by atoms with Crippen LogP contribution in [0.1, 0.15) is 65.0 Å². The molecule has 0 bridgehead atoms. The lowest BCUT2D eigenvalue weighted by Gasteiger charge is -2.24. The first-order valence-corrected chi connectivity index (χ1v) is 8.74. The van der Waals surface area contributed by atoms with E-state index in [1.807, 2.05) is 0 Å². The Balaban J connectivity index is 3.00. The summed E-state index contributed by atoms with van der Waals surface area (Å²) in [6.45, 7) is 1.60. The van der Waals surface area contributed by atoms with Gasteiger partial charge in [-0.25, -0.2) is 18.6 Å². The molecule has 1 aromatic rings. The molecule has 0 amide bonds. The van der Waals surface area contributed by atoms with Crippen molar-refractivity contribution in [1.29, 1.82) is 0 Å². The van der Waals surface area contributed by atoms with Crippen molar-refractivity contribution >= 4 is 26.4 Å². The van der Waals surface area contributed by atoms with Gasteiger partial charge in [0.25, 0.3) is 6.43 Å². The van der Waals surface area contributed by atoms with Gasteiger partial charge in [0.2, 0.25) is 0 Å². The zero-order valence-electron chi connectivity index (χ0n) is 14.7. The fourth-order valence-electron chi connectivity index (χ4n) is 2.99. The highest BCUT2D eigenvalue weighted by Crippen LogP contribution is 2.49. The van der Waals surface area contributed by atoms with E-state index in [4.69, 9.17) is 4.74 Å². The van der Waals surface area contributed by atoms with Crippen molar-refractivity contribution in [2.75, 3.05) is 14.2 Å². The minimum absolute atomic E-state index is 0.0241. The molecule has 4 nitrogen and oxygen atoms in total. The number of carbonyl (C=O) groups excluding carboxylic acids is 1. The van der Waals surface area contributed by atoms with Crippen LogP contribution in [0, 0.1) is 5.92 Å². The number of esters is 1. The molecule has 150 valence electrons. The van der Waals surface area contributed by atoms with Gasteiger partial charge in [-0.3, -0.25) is 0 Å². The van der Waals surface area contributed by atoms with Crippen LogP contribution in [-0.2, 0) is 15.7 Å². The predicted octanol–water partition coefficient (Wildman–Crippen LogP) is 5.68. The Labute approximate surface area is 160 Å². The molecule has 2 rings (SSSR count). The van der Waals surface area contributed by atoms with Crippen LogP contribution in [-0.4, -0.2) is 25.2 Å². The molecule has 1 aliphatic carbocycles. The van der Waals surface area contributed by atoms with Crippen molar-refractivity contribution in [2.24, 2.45) is 5.92 Å². The van der Waals surface area contributed by atoms with Crippen LogP contribution < -0.4 is 0 Å². The number of rotatable bonds is 6. The second-order valence-corrected chi connectivity index (χ2v) is 6.98. The van der Waals surface area contributed by atoms with Crippen LogP contribution in [0.4, 0.5) is 22.0 Å². The Bertz CT molecular complexity index is 760. The summed E-state index contributed by atoms with van der Waals surface area (Å²) in [5.41, 5.74) is -4.03. The van der Waals surface area contributed by atoms with E-state index < -0.39 is 47.0 Å². The average Bonchev–Trinajstić information content (AvgIpc) is 3.42. The van der Waals surface area contributed by atoms with Gasteiger partial charge in [0, 0.05) is 5.56 Å². The molecule has 0 spiro atoms. The predicted molar refractivity (Wildman–Crippen MR) is 90.6 cm³/mol. The van der Waals surface area contributed by atoms with E-state index in [0.717, 1.165) is 26.2 Å². The number of carbonyl (C=O) groups is 1. The molecule has 1 heterocycles. The highest BCUT2D eigenvalue weighted by Gasteiger charge is 2.44. The number of pyridine rings is 1. The molecule has 0 radical (unpaired) electrons. The molecule has 1 unspecified atom stereocenters. The largest absolute Gasteiger partial charge is 0.503 e. The van der Waals surface area contributed by atoms with Gasteiger partial charge in [-0.15, -0.1) is 0 Å². The second kappa shape index (κ2) is 8.12. The molecule has 1 fully saturated rings. The fraction of sp³-hybridized carbons (Fsp3) is 0.529. The van der Waals surface area contributed by atoms with Crippen LogP contribution in [0.3, 0.4) is 0 Å². The number of nitrogens with zero attached hydrogens (tertiary/aromatic N) is 1. The normalized spacial score (nSPS) is 16.4. The van der Waals surface area contributed by atoms with Gasteiger partial charge in [-0.2, -0.15) is 13.2 Å². The highest BCUT2D eigenvalue weighted by molar-refractivity contribution is 9.15. The molecule has 1 aromatic heterocycles. The topological polar surface area (TPSA) is 48.4 Å². The summed E-state index contributed by atoms with van der Waals surface area (Å²) < 4.78 is 77.3. The molecule has 1 atom stereocenters. The molecule has 0 aromatic carbocycles. The summed E-state index contributed by atoms with van der Waals surface area (Å²) in [7, 11) is 2.20. The van der Waals surface area contributed by atoms with E-state index in [-0.39, 0.29) is 16.0 Å². The van der Waals surface area contributed by atoms with Crippen LogP contribution in [0.15, 0.2) is 6.26 Å². The molecule has 1 aliphatic rings. The molecule has 0 aliphatic heterocycles. The van der Waals surface area contributed by atoms with Gasteiger partial charge in [0.1, 0.15) is 5.69 Å². The molecule has 10 heteroatoms. The maximum absolute atomic E-state index is 13.7. The van der Waals surface area contributed by atoms with Gasteiger partial charge < -0.3 is 9.47 Å². The quantitative estimate of drug-likeness (QED) is 0.313. The van der Waals surface area contributed by atoms with Crippen molar-refractivity contribution in [3.8, 4) is 0 Å². The lowest BCUT2D eigenvalue weighted by atomic mass is 9.86. The molecule has 27 heavy (non-hydrogen) atoms. The fourth-order valence-corrected chi connectivity index (χ4v) is 3.58. The van der Waals surface area contributed by atoms with Crippen LogP contribution in [0.5, 0.6) is 0 Å². The SMILES string of the molecule is CO/C=C(\Br)c1c(C(F)(F)F)nc(C(F)F)c(C(=O)OC)c1C(C)C1CC1. The summed E-state index contributed by atoms with van der Waals surface area (Å²) in [5.74, 6) is -1.77. The number of hydrogen-bond acceptors (Lipinski definition) is 4. The van der Waals surface area contributed by atoms with Crippen LogP contribution in [0.25, 0.3) is 4.48 Å². The van der Waals surface area contributed by atoms with Gasteiger partial charge >= 0.3 is 12.1 Å². The van der Waals surface area contributed by atoms with E-state index in [9.17, 15) is 26.7 Å². The van der Waals surface area contributed by atoms with E-state index in [1.165, 1.54) is 7.11 Å². The molecule has 0 saturated heterocycles. The minimum Gasteiger partial charge on any atom is -0.503 e. The number of methoxy groups -OCH3 is 2. The summed E-state index contributed by atoms with van der Waals surface area (Å²) in [6, 6.07) is 0. The lowest BCUT2D eigenvalue weighted by Crippen LogP contribution is -2.22. The third kappa shape index (κ3) is 4.41. The van der Waals surface area contributed by atoms with Gasteiger partial charge in [0.15, 0.2) is 5.69 Å². The Hall–Kier alpha value is -1.71.